The zero-order valence-corrected chi connectivity index (χ0v) is 20.1. The van der Waals surface area contributed by atoms with Crippen molar-refractivity contribution in [1.29, 1.82) is 0 Å². The van der Waals surface area contributed by atoms with Crippen molar-refractivity contribution < 1.29 is 0 Å². The molecule has 0 heterocycles. The van der Waals surface area contributed by atoms with E-state index in [1.165, 1.54) is 24.8 Å². The summed E-state index contributed by atoms with van der Waals surface area (Å²) in [5, 5.41) is 0. The molecule has 1 unspecified atom stereocenters. The van der Waals surface area contributed by atoms with E-state index in [4.69, 9.17) is 4.99 Å². The molecule has 3 saturated carbocycles. The third-order valence-electron chi connectivity index (χ3n) is 7.81. The summed E-state index contributed by atoms with van der Waals surface area (Å²) in [5.41, 5.74) is 1.46. The molecule has 0 N–H and O–H groups in total. The second kappa shape index (κ2) is 7.75. The van der Waals surface area contributed by atoms with E-state index in [-0.39, 0.29) is 11.1 Å². The first-order valence-corrected chi connectivity index (χ1v) is 11.8. The monoisotopic (exact) mass is 484 g/mol. The zero-order chi connectivity index (χ0) is 19.1. The van der Waals surface area contributed by atoms with Crippen LogP contribution in [0, 0.1) is 35.5 Å². The van der Waals surface area contributed by atoms with Gasteiger partial charge in [0.05, 0.1) is 0 Å². The molecular formula is C22H32N2Se2. The Balaban J connectivity index is 2.04. The topological polar surface area (TPSA) is 24.7 Å². The van der Waals surface area contributed by atoms with E-state index in [2.05, 4.69) is 79.8 Å². The van der Waals surface area contributed by atoms with Crippen LogP contribution in [0.4, 0.5) is 0 Å². The van der Waals surface area contributed by atoms with Crippen molar-refractivity contribution in [2.24, 2.45) is 45.5 Å². The van der Waals surface area contributed by atoms with Crippen LogP contribution < -0.4 is 0 Å². The summed E-state index contributed by atoms with van der Waals surface area (Å²) in [5.74, 6) is 4.02. The Hall–Kier alpha value is -0.0610. The Bertz CT molecular complexity index is 672. The Labute approximate surface area is 175 Å². The number of hydrogen-bond donors (Lipinski definition) is 0. The number of aliphatic imine (C=N–C) groups is 2. The number of allylic oxidation sites excluding steroid dienone is 1. The summed E-state index contributed by atoms with van der Waals surface area (Å²) >= 11 is 5.74. The molecule has 4 heteroatoms. The van der Waals surface area contributed by atoms with E-state index >= 15 is 0 Å². The van der Waals surface area contributed by atoms with Crippen molar-refractivity contribution >= 4 is 40.6 Å². The molecule has 3 rings (SSSR count). The predicted octanol–water partition coefficient (Wildman–Crippen LogP) is 4.33. The van der Waals surface area contributed by atoms with Crippen molar-refractivity contribution in [3.63, 3.8) is 0 Å². The van der Waals surface area contributed by atoms with Crippen molar-refractivity contribution in [3.05, 3.63) is 12.2 Å². The average Bonchev–Trinajstić information content (AvgIpc) is 2.55. The third kappa shape index (κ3) is 3.51. The summed E-state index contributed by atoms with van der Waals surface area (Å²) in [4.78, 5) is 9.65. The molecule has 26 heavy (non-hydrogen) atoms. The van der Waals surface area contributed by atoms with Gasteiger partial charge >= 0.3 is 176 Å². The number of hydrogen-bond acceptors (Lipinski definition) is 2. The third-order valence-corrected chi connectivity index (χ3v) is 8.19. The molecule has 2 nitrogen and oxygen atoms in total. The Morgan fingerprint density at radius 1 is 1.23 bits per heavy atom. The first-order chi connectivity index (χ1) is 12.3. The van der Waals surface area contributed by atoms with Gasteiger partial charge < -0.3 is 0 Å². The second-order valence-electron chi connectivity index (χ2n) is 9.74. The van der Waals surface area contributed by atoms with Gasteiger partial charge in [-0.15, -0.1) is 0 Å². The fraction of sp³-hybridized carbons (Fsp3) is 0.818. The molecule has 0 spiro atoms. The Morgan fingerprint density at radius 2 is 1.96 bits per heavy atom. The normalized spacial score (nSPS) is 42.2. The number of nitrogens with zero attached hydrogens (tertiary/aromatic N) is 2. The molecular weight excluding hydrogens is 450 g/mol. The molecule has 0 aromatic heterocycles. The summed E-state index contributed by atoms with van der Waals surface area (Å²) in [7, 11) is 0. The van der Waals surface area contributed by atoms with E-state index in [1.807, 2.05) is 0 Å². The predicted molar refractivity (Wildman–Crippen MR) is 112 cm³/mol. The minimum absolute atomic E-state index is 0.0605. The van der Waals surface area contributed by atoms with Gasteiger partial charge in [0.2, 0.25) is 0 Å². The SMILES string of the molecule is C=C1CCC2(N=C=[Se])[C@H]3[C@H](CC[C@@H]2C)[C@@H](C)C[C@@H](CC(C)(C)N=C=[Se])[C@H]13. The van der Waals surface area contributed by atoms with Gasteiger partial charge in [0, 0.05) is 0 Å². The summed E-state index contributed by atoms with van der Waals surface area (Å²) in [6, 6.07) is 0. The second-order valence-corrected chi connectivity index (χ2v) is 10.5. The molecule has 142 valence electrons. The molecule has 3 aliphatic rings. The van der Waals surface area contributed by atoms with Gasteiger partial charge in [-0.05, 0) is 0 Å². The molecule has 0 saturated heterocycles. The molecule has 0 amide bonds. The molecule has 7 atom stereocenters. The maximum atomic E-state index is 5.05. The van der Waals surface area contributed by atoms with Gasteiger partial charge in [0.1, 0.15) is 0 Å². The van der Waals surface area contributed by atoms with Crippen LogP contribution in [0.1, 0.15) is 66.2 Å². The average molecular weight is 482 g/mol. The number of rotatable bonds is 4. The van der Waals surface area contributed by atoms with E-state index in [0.29, 0.717) is 23.7 Å². The van der Waals surface area contributed by atoms with Crippen LogP contribution in [0.15, 0.2) is 22.1 Å². The standard InChI is InChI=1S/C22H32N2Se2/c1-14-8-9-22(24-13-26)16(3)6-7-18-15(2)10-17(19(14)20(18)22)11-21(4,5)23-12-25/h15-20H,1,6-11H2,2-5H3/t15-,16-,17-,18+,19-,20-,22?/m0/s1. The van der Waals surface area contributed by atoms with Gasteiger partial charge in [-0.3, -0.25) is 0 Å². The fourth-order valence-electron chi connectivity index (χ4n) is 6.75. The van der Waals surface area contributed by atoms with Crippen molar-refractivity contribution in [2.75, 3.05) is 0 Å². The molecule has 0 aromatic carbocycles. The summed E-state index contributed by atoms with van der Waals surface area (Å²) in [6.45, 7) is 14.0. The molecule has 3 fully saturated rings. The Morgan fingerprint density at radius 3 is 2.62 bits per heavy atom. The van der Waals surface area contributed by atoms with E-state index < -0.39 is 0 Å². The van der Waals surface area contributed by atoms with Crippen molar-refractivity contribution in [2.45, 2.75) is 77.3 Å². The van der Waals surface area contributed by atoms with Crippen molar-refractivity contribution in [3.8, 4) is 0 Å². The van der Waals surface area contributed by atoms with Crippen LogP contribution in [0.3, 0.4) is 0 Å². The van der Waals surface area contributed by atoms with Gasteiger partial charge in [-0.25, -0.2) is 0 Å². The summed E-state index contributed by atoms with van der Waals surface area (Å²) < 4.78 is 6.01. The maximum absolute atomic E-state index is 5.05. The molecule has 0 aliphatic heterocycles. The quantitative estimate of drug-likeness (QED) is 0.324. The van der Waals surface area contributed by atoms with E-state index in [1.54, 1.807) is 0 Å². The molecule has 0 bridgehead atoms. The van der Waals surface area contributed by atoms with Crippen LogP contribution in [-0.4, -0.2) is 51.7 Å². The van der Waals surface area contributed by atoms with Crippen LogP contribution in [-0.2, 0) is 0 Å². The van der Waals surface area contributed by atoms with E-state index in [9.17, 15) is 0 Å². The van der Waals surface area contributed by atoms with Crippen molar-refractivity contribution in [1.82, 2.24) is 0 Å². The van der Waals surface area contributed by atoms with Crippen LogP contribution in [0.2, 0.25) is 0 Å². The van der Waals surface area contributed by atoms with E-state index in [0.717, 1.165) is 31.1 Å². The molecule has 3 aliphatic carbocycles. The van der Waals surface area contributed by atoms with Gasteiger partial charge in [0.25, 0.3) is 0 Å². The van der Waals surface area contributed by atoms with Gasteiger partial charge in [-0.1, -0.05) is 0 Å². The fourth-order valence-corrected chi connectivity index (χ4v) is 7.63. The molecule has 0 aromatic rings. The first kappa shape index (κ1) is 20.7. The van der Waals surface area contributed by atoms with Gasteiger partial charge in [0.15, 0.2) is 0 Å². The summed E-state index contributed by atoms with van der Waals surface area (Å²) in [6.07, 6.45) is 7.33. The minimum atomic E-state index is -0.0724. The molecule has 0 radical (unpaired) electrons. The zero-order valence-electron chi connectivity index (χ0n) is 16.6. The Kier molecular flexibility index (Phi) is 6.16. The van der Waals surface area contributed by atoms with Crippen LogP contribution in [0.5, 0.6) is 0 Å². The van der Waals surface area contributed by atoms with Gasteiger partial charge in [-0.2, -0.15) is 0 Å². The van der Waals surface area contributed by atoms with Crippen LogP contribution in [0.25, 0.3) is 0 Å². The van der Waals surface area contributed by atoms with Crippen LogP contribution >= 0.6 is 0 Å². The first-order valence-electron chi connectivity index (χ1n) is 10.1.